The number of hydrogen-bond acceptors (Lipinski definition) is 2. The summed E-state index contributed by atoms with van der Waals surface area (Å²) in [5.74, 6) is 0.221. The van der Waals surface area contributed by atoms with Crippen molar-refractivity contribution in [2.24, 2.45) is 23.2 Å². The first-order valence-corrected chi connectivity index (χ1v) is 9.14. The lowest BCUT2D eigenvalue weighted by molar-refractivity contribution is -0.145. The maximum Gasteiger partial charge on any atom is 0.308 e. The molecule has 2 aliphatic carbocycles. The molecule has 1 aromatic rings. The Morgan fingerprint density at radius 2 is 1.96 bits per heavy atom. The van der Waals surface area contributed by atoms with E-state index in [0.717, 1.165) is 19.3 Å². The van der Waals surface area contributed by atoms with Gasteiger partial charge in [-0.2, -0.15) is 0 Å². The average Bonchev–Trinajstić information content (AvgIpc) is 3.31. The first-order chi connectivity index (χ1) is 11.6. The van der Waals surface area contributed by atoms with Crippen LogP contribution in [0.4, 0.5) is 0 Å². The highest BCUT2D eigenvalue weighted by atomic mass is 16.4. The van der Waals surface area contributed by atoms with E-state index in [1.165, 1.54) is 18.4 Å². The van der Waals surface area contributed by atoms with Crippen LogP contribution in [0.15, 0.2) is 30.3 Å². The molecule has 24 heavy (non-hydrogen) atoms. The summed E-state index contributed by atoms with van der Waals surface area (Å²) in [7, 11) is 0. The topological polar surface area (TPSA) is 57.6 Å². The highest BCUT2D eigenvalue weighted by Gasteiger charge is 2.56. The van der Waals surface area contributed by atoms with E-state index in [9.17, 15) is 14.7 Å². The molecule has 1 saturated heterocycles. The molecule has 1 aromatic carbocycles. The van der Waals surface area contributed by atoms with Crippen molar-refractivity contribution in [2.75, 3.05) is 13.1 Å². The number of aliphatic carboxylic acids is 1. The third kappa shape index (κ3) is 2.52. The van der Waals surface area contributed by atoms with Crippen molar-refractivity contribution >= 4 is 11.9 Å². The van der Waals surface area contributed by atoms with Crippen molar-refractivity contribution in [3.8, 4) is 0 Å². The quantitative estimate of drug-likeness (QED) is 0.925. The molecule has 0 spiro atoms. The summed E-state index contributed by atoms with van der Waals surface area (Å²) in [6, 6.07) is 10.3. The van der Waals surface area contributed by atoms with Crippen LogP contribution < -0.4 is 0 Å². The van der Waals surface area contributed by atoms with Gasteiger partial charge in [-0.3, -0.25) is 9.59 Å². The number of amides is 1. The van der Waals surface area contributed by atoms with Crippen molar-refractivity contribution in [3.05, 3.63) is 35.9 Å². The number of fused-ring (bicyclic) bond motifs is 2. The number of hydrogen-bond donors (Lipinski definition) is 1. The Balaban J connectivity index is 1.59. The zero-order valence-electron chi connectivity index (χ0n) is 14.0. The van der Waals surface area contributed by atoms with Crippen LogP contribution in [-0.2, 0) is 16.0 Å². The number of rotatable bonds is 4. The first-order valence-electron chi connectivity index (χ1n) is 9.14. The fourth-order valence-corrected chi connectivity index (χ4v) is 5.42. The molecule has 0 aromatic heterocycles. The lowest BCUT2D eigenvalue weighted by Crippen LogP contribution is -2.47. The first kappa shape index (κ1) is 15.7. The number of carboxylic acid groups (broad SMARTS) is 1. The summed E-state index contributed by atoms with van der Waals surface area (Å²) < 4.78 is 0. The predicted octanol–water partition coefficient (Wildman–Crippen LogP) is 2.97. The van der Waals surface area contributed by atoms with Crippen molar-refractivity contribution in [2.45, 2.75) is 38.5 Å². The molecule has 1 amide bonds. The van der Waals surface area contributed by atoms with Crippen molar-refractivity contribution in [1.29, 1.82) is 0 Å². The van der Waals surface area contributed by atoms with Gasteiger partial charge in [0.25, 0.3) is 0 Å². The summed E-state index contributed by atoms with van der Waals surface area (Å²) in [5, 5.41) is 9.24. The van der Waals surface area contributed by atoms with E-state index in [1.54, 1.807) is 0 Å². The largest absolute Gasteiger partial charge is 0.481 e. The minimum Gasteiger partial charge on any atom is -0.481 e. The van der Waals surface area contributed by atoms with Crippen LogP contribution in [0.25, 0.3) is 0 Å². The summed E-state index contributed by atoms with van der Waals surface area (Å²) in [5.41, 5.74) is 0.935. The van der Waals surface area contributed by atoms with E-state index in [0.29, 0.717) is 31.3 Å². The van der Waals surface area contributed by atoms with Crippen LogP contribution >= 0.6 is 0 Å². The van der Waals surface area contributed by atoms with Crippen molar-refractivity contribution < 1.29 is 14.7 Å². The monoisotopic (exact) mass is 327 g/mol. The van der Waals surface area contributed by atoms with Crippen LogP contribution in [0.5, 0.6) is 0 Å². The third-order valence-corrected chi connectivity index (χ3v) is 6.59. The number of likely N-dealkylation sites (tertiary alicyclic amines) is 1. The van der Waals surface area contributed by atoms with Gasteiger partial charge in [-0.25, -0.2) is 0 Å². The minimum absolute atomic E-state index is 0.224. The molecule has 4 heteroatoms. The van der Waals surface area contributed by atoms with E-state index in [1.807, 2.05) is 23.1 Å². The van der Waals surface area contributed by atoms with E-state index < -0.39 is 5.97 Å². The van der Waals surface area contributed by atoms with Crippen LogP contribution in [-0.4, -0.2) is 35.0 Å². The summed E-state index contributed by atoms with van der Waals surface area (Å²) in [6.45, 7) is 0.992. The lowest BCUT2D eigenvalue weighted by Gasteiger charge is -2.39. The van der Waals surface area contributed by atoms with Crippen molar-refractivity contribution in [3.63, 3.8) is 0 Å². The molecule has 128 valence electrons. The Kier molecular flexibility index (Phi) is 3.86. The molecule has 2 bridgehead atoms. The second-order valence-corrected chi connectivity index (χ2v) is 7.97. The zero-order valence-corrected chi connectivity index (χ0v) is 14.0. The molecule has 1 N–H and O–H groups in total. The van der Waals surface area contributed by atoms with Gasteiger partial charge in [-0.05, 0) is 49.5 Å². The lowest BCUT2D eigenvalue weighted by atomic mass is 9.68. The van der Waals surface area contributed by atoms with Crippen LogP contribution in [0, 0.1) is 23.2 Å². The van der Waals surface area contributed by atoms with Gasteiger partial charge in [-0.15, -0.1) is 0 Å². The number of carbonyl (C=O) groups is 2. The third-order valence-electron chi connectivity index (χ3n) is 6.59. The molecule has 1 heterocycles. The van der Waals surface area contributed by atoms with E-state index in [4.69, 9.17) is 0 Å². The van der Waals surface area contributed by atoms with Crippen LogP contribution in [0.1, 0.15) is 37.7 Å². The Labute approximate surface area is 142 Å². The average molecular weight is 327 g/mol. The molecule has 3 fully saturated rings. The van der Waals surface area contributed by atoms with Gasteiger partial charge >= 0.3 is 5.97 Å². The SMILES string of the molecule is O=C(O)C1CCN(C(=O)C2(Cc3ccccc3)CC3CCC2C3)C1. The van der Waals surface area contributed by atoms with Gasteiger partial charge in [0, 0.05) is 13.1 Å². The van der Waals surface area contributed by atoms with Gasteiger partial charge in [0.1, 0.15) is 0 Å². The number of carbonyl (C=O) groups excluding carboxylic acids is 1. The maximum atomic E-state index is 13.5. The second-order valence-electron chi connectivity index (χ2n) is 7.97. The second kappa shape index (κ2) is 5.91. The standard InChI is InChI=1S/C20H25NO3/c22-18(23)16-8-9-21(13-16)19(24)20(11-14-4-2-1-3-5-14)12-15-6-7-17(20)10-15/h1-5,15-17H,6-13H2,(H,22,23). The van der Waals surface area contributed by atoms with Gasteiger partial charge in [-0.1, -0.05) is 36.8 Å². The number of benzene rings is 1. The molecule has 4 nitrogen and oxygen atoms in total. The Morgan fingerprint density at radius 3 is 2.54 bits per heavy atom. The van der Waals surface area contributed by atoms with E-state index in [2.05, 4.69) is 12.1 Å². The highest BCUT2D eigenvalue weighted by Crippen LogP contribution is 2.58. The Bertz CT molecular complexity index is 644. The fourth-order valence-electron chi connectivity index (χ4n) is 5.42. The molecular weight excluding hydrogens is 302 g/mol. The molecule has 1 aliphatic heterocycles. The van der Waals surface area contributed by atoms with Gasteiger partial charge in [0.2, 0.25) is 5.91 Å². The Morgan fingerprint density at radius 1 is 1.17 bits per heavy atom. The summed E-state index contributed by atoms with van der Waals surface area (Å²) in [4.78, 5) is 26.6. The summed E-state index contributed by atoms with van der Waals surface area (Å²) in [6.07, 6.45) is 5.97. The zero-order chi connectivity index (χ0) is 16.7. The maximum absolute atomic E-state index is 13.5. The van der Waals surface area contributed by atoms with Gasteiger partial charge in [0.05, 0.1) is 11.3 Å². The van der Waals surface area contributed by atoms with Crippen molar-refractivity contribution in [1.82, 2.24) is 4.90 Å². The molecule has 0 radical (unpaired) electrons. The Hall–Kier alpha value is -1.84. The number of nitrogens with zero attached hydrogens (tertiary/aromatic N) is 1. The smallest absolute Gasteiger partial charge is 0.308 e. The normalized spacial score (nSPS) is 34.7. The molecule has 3 aliphatic rings. The summed E-state index contributed by atoms with van der Waals surface area (Å²) >= 11 is 0. The fraction of sp³-hybridized carbons (Fsp3) is 0.600. The van der Waals surface area contributed by atoms with E-state index >= 15 is 0 Å². The van der Waals surface area contributed by atoms with Crippen LogP contribution in [0.3, 0.4) is 0 Å². The van der Waals surface area contributed by atoms with Gasteiger partial charge < -0.3 is 10.0 Å². The molecule has 4 unspecified atom stereocenters. The molecule has 2 saturated carbocycles. The molecule has 4 rings (SSSR count). The molecule has 4 atom stereocenters. The predicted molar refractivity (Wildman–Crippen MR) is 90.3 cm³/mol. The highest BCUT2D eigenvalue weighted by molar-refractivity contribution is 5.85. The van der Waals surface area contributed by atoms with E-state index in [-0.39, 0.29) is 17.2 Å². The minimum atomic E-state index is -0.768. The number of carboxylic acids is 1. The van der Waals surface area contributed by atoms with Crippen LogP contribution in [0.2, 0.25) is 0 Å². The van der Waals surface area contributed by atoms with Gasteiger partial charge in [0.15, 0.2) is 0 Å². The molecular formula is C20H25NO3.